The Balaban J connectivity index is 1.26. The number of benzene rings is 2. The molecule has 9 heteroatoms. The van der Waals surface area contributed by atoms with Crippen molar-refractivity contribution in [3.8, 4) is 11.5 Å². The number of carbonyl (C=O) groups excluding carboxylic acids is 2. The summed E-state index contributed by atoms with van der Waals surface area (Å²) in [6.45, 7) is 3.04. The molecule has 0 saturated heterocycles. The average molecular weight is 471 g/mol. The van der Waals surface area contributed by atoms with Gasteiger partial charge in [-0.3, -0.25) is 9.59 Å². The van der Waals surface area contributed by atoms with Gasteiger partial charge >= 0.3 is 0 Å². The van der Waals surface area contributed by atoms with Crippen molar-refractivity contribution in [1.82, 2.24) is 0 Å². The summed E-state index contributed by atoms with van der Waals surface area (Å²) >= 11 is 0. The van der Waals surface area contributed by atoms with Crippen LogP contribution in [0, 0.1) is 5.92 Å². The van der Waals surface area contributed by atoms with Crippen LogP contribution < -0.4 is 19.7 Å². The maximum Gasteiger partial charge on any atom is 0.230 e. The zero-order valence-corrected chi connectivity index (χ0v) is 19.2. The van der Waals surface area contributed by atoms with E-state index in [1.807, 2.05) is 0 Å². The summed E-state index contributed by atoms with van der Waals surface area (Å²) in [5.74, 6) is 1.02. The minimum absolute atomic E-state index is 0.118. The molecule has 2 heterocycles. The van der Waals surface area contributed by atoms with Crippen LogP contribution in [0.25, 0.3) is 0 Å². The fourth-order valence-corrected chi connectivity index (χ4v) is 5.67. The van der Waals surface area contributed by atoms with Crippen molar-refractivity contribution in [2.45, 2.75) is 42.8 Å². The minimum atomic E-state index is -3.71. The molecule has 2 amide bonds. The summed E-state index contributed by atoms with van der Waals surface area (Å²) in [6, 6.07) is 9.99. The second-order valence-corrected chi connectivity index (χ2v) is 11.1. The molecule has 0 bridgehead atoms. The Morgan fingerprint density at radius 1 is 1.09 bits per heavy atom. The van der Waals surface area contributed by atoms with Gasteiger partial charge in [-0.05, 0) is 62.1 Å². The normalized spacial score (nSPS) is 17.9. The number of amides is 2. The molecule has 0 radical (unpaired) electrons. The third-order valence-electron chi connectivity index (χ3n) is 6.30. The SMILES string of the molecule is C[C@H](CC(=O)Nc1ccc2c(c1)OCCO2)S(=O)(=O)c1ccc2c(c1)CCN2C(=O)C1CC1. The van der Waals surface area contributed by atoms with Gasteiger partial charge in [-0.1, -0.05) is 0 Å². The molecule has 1 N–H and O–H groups in total. The highest BCUT2D eigenvalue weighted by Gasteiger charge is 2.37. The molecule has 5 rings (SSSR count). The second kappa shape index (κ2) is 8.37. The smallest absolute Gasteiger partial charge is 0.230 e. The van der Waals surface area contributed by atoms with Crippen LogP contribution in [0.5, 0.6) is 11.5 Å². The van der Waals surface area contributed by atoms with Crippen LogP contribution in [0.3, 0.4) is 0 Å². The first-order valence-corrected chi connectivity index (χ1v) is 12.8. The molecule has 0 unspecified atom stereocenters. The number of carbonyl (C=O) groups is 2. The van der Waals surface area contributed by atoms with Gasteiger partial charge in [0.25, 0.3) is 0 Å². The maximum absolute atomic E-state index is 13.1. The molecule has 2 aliphatic heterocycles. The van der Waals surface area contributed by atoms with Gasteiger partial charge in [0.2, 0.25) is 11.8 Å². The van der Waals surface area contributed by atoms with E-state index in [1.54, 1.807) is 41.3 Å². The minimum Gasteiger partial charge on any atom is -0.486 e. The first-order chi connectivity index (χ1) is 15.8. The standard InChI is InChI=1S/C24H26N2O6S/c1-15(12-23(27)25-18-4-7-21-22(14-18)32-11-10-31-21)33(29,30)19-5-6-20-17(13-19)8-9-26(20)24(28)16-2-3-16/h4-7,13-16H,2-3,8-12H2,1H3,(H,25,27)/t15-/m1/s1. The monoisotopic (exact) mass is 470 g/mol. The fraction of sp³-hybridized carbons (Fsp3) is 0.417. The van der Waals surface area contributed by atoms with Gasteiger partial charge < -0.3 is 19.7 Å². The molecule has 0 aromatic heterocycles. The van der Waals surface area contributed by atoms with E-state index >= 15 is 0 Å². The van der Waals surface area contributed by atoms with Crippen molar-refractivity contribution in [3.05, 3.63) is 42.0 Å². The summed E-state index contributed by atoms with van der Waals surface area (Å²) < 4.78 is 37.3. The van der Waals surface area contributed by atoms with Crippen molar-refractivity contribution >= 4 is 33.0 Å². The topological polar surface area (TPSA) is 102 Å². The lowest BCUT2D eigenvalue weighted by Crippen LogP contribution is -2.30. The van der Waals surface area contributed by atoms with Gasteiger partial charge in [-0.15, -0.1) is 0 Å². The number of ether oxygens (including phenoxy) is 2. The number of anilines is 2. The van der Waals surface area contributed by atoms with Gasteiger partial charge in [-0.2, -0.15) is 0 Å². The number of hydrogen-bond donors (Lipinski definition) is 1. The van der Waals surface area contributed by atoms with E-state index in [2.05, 4.69) is 5.32 Å². The number of nitrogens with one attached hydrogen (secondary N) is 1. The highest BCUT2D eigenvalue weighted by molar-refractivity contribution is 7.92. The number of fused-ring (bicyclic) bond motifs is 2. The molecule has 8 nitrogen and oxygen atoms in total. The molecule has 174 valence electrons. The van der Waals surface area contributed by atoms with Gasteiger partial charge in [0, 0.05) is 36.3 Å². The Morgan fingerprint density at radius 3 is 2.61 bits per heavy atom. The second-order valence-electron chi connectivity index (χ2n) is 8.77. The first-order valence-electron chi connectivity index (χ1n) is 11.2. The molecular weight excluding hydrogens is 444 g/mol. The van der Waals surface area contributed by atoms with Crippen LogP contribution in [0.4, 0.5) is 11.4 Å². The summed E-state index contributed by atoms with van der Waals surface area (Å²) in [5.41, 5.74) is 2.18. The lowest BCUT2D eigenvalue weighted by Gasteiger charge is -2.19. The maximum atomic E-state index is 13.1. The molecule has 3 aliphatic rings. The van der Waals surface area contributed by atoms with Crippen LogP contribution in [0.1, 0.15) is 31.7 Å². The summed E-state index contributed by atoms with van der Waals surface area (Å²) in [4.78, 5) is 27.0. The predicted octanol–water partition coefficient (Wildman–Crippen LogP) is 2.95. The van der Waals surface area contributed by atoms with Crippen LogP contribution >= 0.6 is 0 Å². The molecule has 1 atom stereocenters. The largest absolute Gasteiger partial charge is 0.486 e. The van der Waals surface area contributed by atoms with Crippen LogP contribution in [-0.2, 0) is 25.8 Å². The van der Waals surface area contributed by atoms with Crippen LogP contribution in [-0.4, -0.2) is 45.2 Å². The third-order valence-corrected chi connectivity index (χ3v) is 8.43. The van der Waals surface area contributed by atoms with E-state index in [-0.39, 0.29) is 23.1 Å². The highest BCUT2D eigenvalue weighted by Crippen LogP contribution is 2.38. The first kappa shape index (κ1) is 21.8. The zero-order chi connectivity index (χ0) is 23.2. The lowest BCUT2D eigenvalue weighted by molar-refractivity contribution is -0.119. The molecule has 1 saturated carbocycles. The van der Waals surface area contributed by atoms with E-state index in [4.69, 9.17) is 9.47 Å². The molecular formula is C24H26N2O6S. The number of nitrogens with zero attached hydrogens (tertiary/aromatic N) is 1. The fourth-order valence-electron chi connectivity index (χ4n) is 4.27. The van der Waals surface area contributed by atoms with E-state index in [9.17, 15) is 18.0 Å². The average Bonchev–Trinajstić information content (AvgIpc) is 3.57. The number of hydrogen-bond acceptors (Lipinski definition) is 6. The van der Waals surface area contributed by atoms with Crippen molar-refractivity contribution < 1.29 is 27.5 Å². The summed E-state index contributed by atoms with van der Waals surface area (Å²) in [6.07, 6.45) is 2.32. The number of rotatable bonds is 6. The van der Waals surface area contributed by atoms with E-state index in [1.165, 1.54) is 6.92 Å². The summed E-state index contributed by atoms with van der Waals surface area (Å²) in [5, 5.41) is 1.84. The van der Waals surface area contributed by atoms with Crippen LogP contribution in [0.2, 0.25) is 0 Å². The Kier molecular flexibility index (Phi) is 5.52. The quantitative estimate of drug-likeness (QED) is 0.697. The molecule has 1 fully saturated rings. The van der Waals surface area contributed by atoms with Gasteiger partial charge in [-0.25, -0.2) is 8.42 Å². The Labute approximate surface area is 192 Å². The molecule has 2 aromatic carbocycles. The van der Waals surface area contributed by atoms with Crippen molar-refractivity contribution in [2.24, 2.45) is 5.92 Å². The summed E-state index contributed by atoms with van der Waals surface area (Å²) in [7, 11) is -3.71. The molecule has 33 heavy (non-hydrogen) atoms. The molecule has 2 aromatic rings. The molecule has 1 aliphatic carbocycles. The predicted molar refractivity (Wildman–Crippen MR) is 123 cm³/mol. The van der Waals surface area contributed by atoms with Gasteiger partial charge in [0.1, 0.15) is 13.2 Å². The Bertz CT molecular complexity index is 1220. The van der Waals surface area contributed by atoms with Crippen LogP contribution in [0.15, 0.2) is 41.3 Å². The highest BCUT2D eigenvalue weighted by atomic mass is 32.2. The van der Waals surface area contributed by atoms with E-state index in [0.29, 0.717) is 43.4 Å². The zero-order valence-electron chi connectivity index (χ0n) is 18.4. The number of sulfone groups is 1. The van der Waals surface area contributed by atoms with Crippen molar-refractivity contribution in [3.63, 3.8) is 0 Å². The Morgan fingerprint density at radius 2 is 1.85 bits per heavy atom. The van der Waals surface area contributed by atoms with Crippen molar-refractivity contribution in [1.29, 1.82) is 0 Å². The Hall–Kier alpha value is -3.07. The van der Waals surface area contributed by atoms with Gasteiger partial charge in [0.05, 0.1) is 10.1 Å². The third kappa shape index (κ3) is 4.29. The van der Waals surface area contributed by atoms with Crippen molar-refractivity contribution in [2.75, 3.05) is 30.0 Å². The molecule has 0 spiro atoms. The lowest BCUT2D eigenvalue weighted by atomic mass is 10.2. The van der Waals surface area contributed by atoms with Gasteiger partial charge in [0.15, 0.2) is 21.3 Å². The van der Waals surface area contributed by atoms with E-state index < -0.39 is 21.0 Å². The van der Waals surface area contributed by atoms with E-state index in [0.717, 1.165) is 24.1 Å².